The van der Waals surface area contributed by atoms with Crippen LogP contribution in [0.4, 0.5) is 0 Å². The first-order valence-corrected chi connectivity index (χ1v) is 6.18. The van der Waals surface area contributed by atoms with Gasteiger partial charge in [0.1, 0.15) is 0 Å². The summed E-state index contributed by atoms with van der Waals surface area (Å²) in [5.74, 6) is 0.106. The van der Waals surface area contributed by atoms with Gasteiger partial charge < -0.3 is 14.8 Å². The fraction of sp³-hybridized carbons (Fsp3) is 0.600. The molecule has 0 unspecified atom stereocenters. The lowest BCUT2D eigenvalue weighted by Gasteiger charge is -2.27. The van der Waals surface area contributed by atoms with Crippen LogP contribution < -0.4 is 10.2 Å². The summed E-state index contributed by atoms with van der Waals surface area (Å²) >= 11 is 1.14. The maximum absolute atomic E-state index is 11.9. The number of piperazine rings is 1. The summed E-state index contributed by atoms with van der Waals surface area (Å²) in [7, 11) is 1.71. The Kier molecular flexibility index (Phi) is 3.40. The third-order valence-electron chi connectivity index (χ3n) is 2.80. The van der Waals surface area contributed by atoms with E-state index in [2.05, 4.69) is 5.32 Å². The quantitative estimate of drug-likeness (QED) is 0.754. The molecule has 1 N–H and O–H groups in total. The Bertz CT molecular complexity index is 432. The number of thiazole rings is 1. The summed E-state index contributed by atoms with van der Waals surface area (Å²) in [6.07, 6.45) is 0.329. The molecule has 0 saturated carbocycles. The molecule has 6 heteroatoms. The fourth-order valence-corrected chi connectivity index (χ4v) is 2.49. The highest BCUT2D eigenvalue weighted by Crippen LogP contribution is 2.04. The molecule has 1 aliphatic heterocycles. The van der Waals surface area contributed by atoms with Gasteiger partial charge in [-0.05, 0) is 0 Å². The summed E-state index contributed by atoms with van der Waals surface area (Å²) in [4.78, 5) is 25.0. The number of nitrogens with one attached hydrogen (secondary N) is 1. The Morgan fingerprint density at radius 1 is 1.50 bits per heavy atom. The van der Waals surface area contributed by atoms with Gasteiger partial charge in [0.05, 0.1) is 6.42 Å². The van der Waals surface area contributed by atoms with E-state index in [9.17, 15) is 9.59 Å². The molecule has 0 radical (unpaired) electrons. The maximum Gasteiger partial charge on any atom is 0.307 e. The first-order chi connectivity index (χ1) is 7.68. The summed E-state index contributed by atoms with van der Waals surface area (Å²) in [5.41, 5.74) is 0.804. The standard InChI is InChI=1S/C10H15N3O2S/c1-12-8(7-16-10(12)15)6-9(14)13-4-2-11-3-5-13/h7,11H,2-6H2,1H3. The molecule has 0 aliphatic carbocycles. The largest absolute Gasteiger partial charge is 0.340 e. The van der Waals surface area contributed by atoms with E-state index in [1.807, 2.05) is 4.90 Å². The van der Waals surface area contributed by atoms with Crippen LogP contribution in [0.5, 0.6) is 0 Å². The summed E-state index contributed by atoms with van der Waals surface area (Å²) < 4.78 is 1.55. The van der Waals surface area contributed by atoms with Gasteiger partial charge in [0, 0.05) is 44.3 Å². The van der Waals surface area contributed by atoms with Crippen molar-refractivity contribution in [3.05, 3.63) is 20.7 Å². The van der Waals surface area contributed by atoms with Crippen molar-refractivity contribution in [2.75, 3.05) is 26.2 Å². The molecular weight excluding hydrogens is 226 g/mol. The van der Waals surface area contributed by atoms with Gasteiger partial charge in [-0.15, -0.1) is 0 Å². The van der Waals surface area contributed by atoms with Crippen molar-refractivity contribution >= 4 is 17.2 Å². The predicted molar refractivity (Wildman–Crippen MR) is 62.7 cm³/mol. The van der Waals surface area contributed by atoms with Crippen LogP contribution in [-0.4, -0.2) is 41.6 Å². The summed E-state index contributed by atoms with van der Waals surface area (Å²) in [6, 6.07) is 0. The van der Waals surface area contributed by atoms with Crippen LogP contribution in [-0.2, 0) is 18.3 Å². The van der Waals surface area contributed by atoms with E-state index in [4.69, 9.17) is 0 Å². The third-order valence-corrected chi connectivity index (χ3v) is 3.67. The zero-order chi connectivity index (χ0) is 11.5. The Labute approximate surface area is 97.7 Å². The smallest absolute Gasteiger partial charge is 0.307 e. The lowest BCUT2D eigenvalue weighted by Crippen LogP contribution is -2.47. The molecule has 0 bridgehead atoms. The second-order valence-corrected chi connectivity index (χ2v) is 4.68. The van der Waals surface area contributed by atoms with E-state index in [1.54, 1.807) is 17.0 Å². The van der Waals surface area contributed by atoms with E-state index < -0.39 is 0 Å². The second kappa shape index (κ2) is 4.80. The topological polar surface area (TPSA) is 54.3 Å². The average molecular weight is 241 g/mol. The van der Waals surface area contributed by atoms with Gasteiger partial charge in [0.15, 0.2) is 0 Å². The van der Waals surface area contributed by atoms with E-state index in [-0.39, 0.29) is 10.8 Å². The molecule has 5 nitrogen and oxygen atoms in total. The molecule has 1 saturated heterocycles. The minimum absolute atomic E-state index is 0.0110. The van der Waals surface area contributed by atoms with Crippen LogP contribution >= 0.6 is 11.3 Å². The maximum atomic E-state index is 11.9. The number of amides is 1. The van der Waals surface area contributed by atoms with Crippen molar-refractivity contribution in [3.8, 4) is 0 Å². The number of hydrogen-bond acceptors (Lipinski definition) is 4. The molecule has 2 heterocycles. The first-order valence-electron chi connectivity index (χ1n) is 5.30. The molecule has 88 valence electrons. The molecular formula is C10H15N3O2S. The monoisotopic (exact) mass is 241 g/mol. The normalized spacial score (nSPS) is 16.4. The van der Waals surface area contributed by atoms with Crippen LogP contribution in [0.25, 0.3) is 0 Å². The van der Waals surface area contributed by atoms with Gasteiger partial charge in [-0.2, -0.15) is 0 Å². The molecule has 16 heavy (non-hydrogen) atoms. The van der Waals surface area contributed by atoms with Crippen molar-refractivity contribution in [3.63, 3.8) is 0 Å². The van der Waals surface area contributed by atoms with Crippen molar-refractivity contribution in [1.82, 2.24) is 14.8 Å². The molecule has 2 rings (SSSR count). The Balaban J connectivity index is 2.01. The van der Waals surface area contributed by atoms with Gasteiger partial charge in [0.25, 0.3) is 0 Å². The van der Waals surface area contributed by atoms with E-state index >= 15 is 0 Å². The van der Waals surface area contributed by atoms with Crippen molar-refractivity contribution < 1.29 is 4.79 Å². The van der Waals surface area contributed by atoms with Gasteiger partial charge >= 0.3 is 4.87 Å². The Hall–Kier alpha value is -1.14. The van der Waals surface area contributed by atoms with Gasteiger partial charge in [-0.3, -0.25) is 9.59 Å². The highest BCUT2D eigenvalue weighted by Gasteiger charge is 2.17. The Morgan fingerprint density at radius 2 is 2.19 bits per heavy atom. The van der Waals surface area contributed by atoms with Crippen LogP contribution in [0, 0.1) is 0 Å². The second-order valence-electron chi connectivity index (χ2n) is 3.86. The van der Waals surface area contributed by atoms with E-state index in [0.717, 1.165) is 43.2 Å². The molecule has 0 spiro atoms. The lowest BCUT2D eigenvalue weighted by molar-refractivity contribution is -0.131. The highest BCUT2D eigenvalue weighted by molar-refractivity contribution is 7.07. The minimum atomic E-state index is -0.0110. The molecule has 1 aromatic heterocycles. The first kappa shape index (κ1) is 11.3. The molecule has 0 atom stereocenters. The SMILES string of the molecule is Cn1c(CC(=O)N2CCNCC2)csc1=O. The Morgan fingerprint density at radius 3 is 2.75 bits per heavy atom. The van der Waals surface area contributed by atoms with E-state index in [1.165, 1.54) is 0 Å². The molecule has 0 aromatic carbocycles. The summed E-state index contributed by atoms with van der Waals surface area (Å²) in [5, 5.41) is 4.97. The highest BCUT2D eigenvalue weighted by atomic mass is 32.1. The van der Waals surface area contributed by atoms with Crippen molar-refractivity contribution in [2.45, 2.75) is 6.42 Å². The van der Waals surface area contributed by atoms with Gasteiger partial charge in [-0.1, -0.05) is 11.3 Å². The van der Waals surface area contributed by atoms with Crippen molar-refractivity contribution in [2.24, 2.45) is 7.05 Å². The number of nitrogens with zero attached hydrogens (tertiary/aromatic N) is 2. The molecule has 1 aliphatic rings. The predicted octanol–water partition coefficient (Wildman–Crippen LogP) is -0.579. The number of hydrogen-bond donors (Lipinski definition) is 1. The summed E-state index contributed by atoms with van der Waals surface area (Å²) in [6.45, 7) is 3.23. The lowest BCUT2D eigenvalue weighted by atomic mass is 10.2. The van der Waals surface area contributed by atoms with Gasteiger partial charge in [-0.25, -0.2) is 0 Å². The molecule has 1 fully saturated rings. The molecule has 1 amide bonds. The number of carbonyl (C=O) groups excluding carboxylic acids is 1. The number of rotatable bonds is 2. The third kappa shape index (κ3) is 2.33. The van der Waals surface area contributed by atoms with E-state index in [0.29, 0.717) is 6.42 Å². The zero-order valence-electron chi connectivity index (χ0n) is 9.23. The zero-order valence-corrected chi connectivity index (χ0v) is 10.0. The van der Waals surface area contributed by atoms with Gasteiger partial charge in [0.2, 0.25) is 5.91 Å². The number of carbonyl (C=O) groups is 1. The van der Waals surface area contributed by atoms with Crippen molar-refractivity contribution in [1.29, 1.82) is 0 Å². The van der Waals surface area contributed by atoms with Crippen LogP contribution in [0.1, 0.15) is 5.69 Å². The van der Waals surface area contributed by atoms with Crippen LogP contribution in [0.2, 0.25) is 0 Å². The minimum Gasteiger partial charge on any atom is -0.340 e. The molecule has 1 aromatic rings. The average Bonchev–Trinajstić information content (AvgIpc) is 2.62. The van der Waals surface area contributed by atoms with Crippen LogP contribution in [0.3, 0.4) is 0 Å². The van der Waals surface area contributed by atoms with Crippen LogP contribution in [0.15, 0.2) is 10.2 Å². The fourth-order valence-electron chi connectivity index (χ4n) is 1.74. The number of aromatic nitrogens is 1.